The fourth-order valence-corrected chi connectivity index (χ4v) is 4.24. The van der Waals surface area contributed by atoms with Gasteiger partial charge in [0.25, 0.3) is 5.91 Å². The maximum atomic E-state index is 12.3. The predicted octanol–water partition coefficient (Wildman–Crippen LogP) is 2.31. The fourth-order valence-electron chi connectivity index (χ4n) is 2.99. The molecule has 0 aliphatic heterocycles. The topological polar surface area (TPSA) is 111 Å². The average Bonchev–Trinajstić information content (AvgIpc) is 3.25. The van der Waals surface area contributed by atoms with Crippen LogP contribution in [-0.4, -0.2) is 36.7 Å². The molecular formula is C19H19N3O4S. The molecule has 0 saturated carbocycles. The Balaban J connectivity index is 1.60. The number of aliphatic hydroxyl groups is 1. The summed E-state index contributed by atoms with van der Waals surface area (Å²) >= 11 is 1.42. The molecule has 8 heteroatoms. The Morgan fingerprint density at radius 2 is 2.11 bits per heavy atom. The maximum absolute atomic E-state index is 12.3. The summed E-state index contributed by atoms with van der Waals surface area (Å²) in [6.07, 6.45) is 2.82. The highest BCUT2D eigenvalue weighted by molar-refractivity contribution is 7.16. The number of hydrogen-bond acceptors (Lipinski definition) is 7. The highest BCUT2D eigenvalue weighted by Gasteiger charge is 2.23. The quantitative estimate of drug-likeness (QED) is 0.631. The van der Waals surface area contributed by atoms with Crippen molar-refractivity contribution in [3.8, 4) is 6.07 Å². The largest absolute Gasteiger partial charge is 0.452 e. The van der Waals surface area contributed by atoms with Gasteiger partial charge in [0.2, 0.25) is 0 Å². The van der Waals surface area contributed by atoms with E-state index in [-0.39, 0.29) is 12.2 Å². The van der Waals surface area contributed by atoms with Crippen LogP contribution in [0.2, 0.25) is 0 Å². The van der Waals surface area contributed by atoms with Gasteiger partial charge in [0.15, 0.2) is 6.61 Å². The Kier molecular flexibility index (Phi) is 6.06. The summed E-state index contributed by atoms with van der Waals surface area (Å²) in [6.45, 7) is -0.219. The van der Waals surface area contributed by atoms with E-state index in [1.165, 1.54) is 11.3 Å². The summed E-state index contributed by atoms with van der Waals surface area (Å²) < 4.78 is 5.10. The van der Waals surface area contributed by atoms with Crippen molar-refractivity contribution < 1.29 is 19.4 Å². The number of nitriles is 1. The monoisotopic (exact) mass is 385 g/mol. The van der Waals surface area contributed by atoms with Gasteiger partial charge in [-0.3, -0.25) is 4.79 Å². The third-order valence-corrected chi connectivity index (χ3v) is 5.40. The molecule has 1 heterocycles. The van der Waals surface area contributed by atoms with E-state index in [4.69, 9.17) is 9.84 Å². The lowest BCUT2D eigenvalue weighted by Gasteiger charge is -2.11. The molecule has 0 radical (unpaired) electrons. The first-order valence-corrected chi connectivity index (χ1v) is 9.41. The summed E-state index contributed by atoms with van der Waals surface area (Å²) in [5.74, 6) is -1.12. The number of amides is 1. The number of nitrogens with one attached hydrogen (secondary N) is 2. The van der Waals surface area contributed by atoms with E-state index in [0.717, 1.165) is 29.7 Å². The number of rotatable bonds is 7. The molecule has 27 heavy (non-hydrogen) atoms. The number of esters is 1. The normalized spacial score (nSPS) is 12.1. The van der Waals surface area contributed by atoms with Gasteiger partial charge in [0, 0.05) is 17.1 Å². The fraction of sp³-hybridized carbons (Fsp3) is 0.316. The molecule has 3 rings (SSSR count). The van der Waals surface area contributed by atoms with Crippen LogP contribution in [0.15, 0.2) is 24.3 Å². The number of thiophene rings is 1. The van der Waals surface area contributed by atoms with Gasteiger partial charge >= 0.3 is 5.97 Å². The second-order valence-corrected chi connectivity index (χ2v) is 7.10. The molecule has 0 saturated heterocycles. The minimum Gasteiger partial charge on any atom is -0.452 e. The number of aliphatic hydroxyl groups excluding tert-OH is 1. The highest BCUT2D eigenvalue weighted by Crippen LogP contribution is 2.38. The van der Waals surface area contributed by atoms with E-state index < -0.39 is 18.5 Å². The minimum absolute atomic E-state index is 0.0716. The van der Waals surface area contributed by atoms with Crippen LogP contribution in [0.4, 0.5) is 10.7 Å². The molecule has 1 aliphatic carbocycles. The third kappa shape index (κ3) is 4.27. The SMILES string of the molecule is N#Cc1c(NC(=O)COC(=O)c2ccccc2NCCO)sc2c1CCC2. The zero-order valence-corrected chi connectivity index (χ0v) is 15.4. The predicted molar refractivity (Wildman–Crippen MR) is 102 cm³/mol. The lowest BCUT2D eigenvalue weighted by Crippen LogP contribution is -2.21. The number of carbonyl (C=O) groups is 2. The first-order chi connectivity index (χ1) is 13.1. The molecule has 1 aromatic heterocycles. The van der Waals surface area contributed by atoms with Crippen LogP contribution >= 0.6 is 11.3 Å². The van der Waals surface area contributed by atoms with Gasteiger partial charge in [-0.05, 0) is 37.0 Å². The van der Waals surface area contributed by atoms with Crippen LogP contribution in [0.5, 0.6) is 0 Å². The summed E-state index contributed by atoms with van der Waals surface area (Å²) in [4.78, 5) is 25.6. The third-order valence-electron chi connectivity index (χ3n) is 4.19. The summed E-state index contributed by atoms with van der Waals surface area (Å²) in [7, 11) is 0. The number of nitrogens with zero attached hydrogens (tertiary/aromatic N) is 1. The summed E-state index contributed by atoms with van der Waals surface area (Å²) in [6, 6.07) is 8.87. The molecule has 0 fully saturated rings. The van der Waals surface area contributed by atoms with Crippen LogP contribution in [0.3, 0.4) is 0 Å². The number of carbonyl (C=O) groups excluding carboxylic acids is 2. The minimum atomic E-state index is -0.639. The molecule has 0 bridgehead atoms. The highest BCUT2D eigenvalue weighted by atomic mass is 32.1. The van der Waals surface area contributed by atoms with Gasteiger partial charge in [-0.2, -0.15) is 5.26 Å². The van der Waals surface area contributed by atoms with Gasteiger partial charge in [-0.25, -0.2) is 4.79 Å². The molecule has 7 nitrogen and oxygen atoms in total. The van der Waals surface area contributed by atoms with Crippen molar-refractivity contribution >= 4 is 33.9 Å². The molecule has 3 N–H and O–H groups in total. The second kappa shape index (κ2) is 8.66. The molecule has 2 aromatic rings. The summed E-state index contributed by atoms with van der Waals surface area (Å²) in [5, 5.41) is 24.4. The molecule has 140 valence electrons. The summed E-state index contributed by atoms with van der Waals surface area (Å²) in [5.41, 5.74) is 2.36. The molecule has 1 aromatic carbocycles. The molecular weight excluding hydrogens is 366 g/mol. The van der Waals surface area contributed by atoms with E-state index in [9.17, 15) is 14.9 Å². The van der Waals surface area contributed by atoms with Crippen molar-refractivity contribution in [1.29, 1.82) is 5.26 Å². The number of fused-ring (bicyclic) bond motifs is 1. The standard InChI is InChI=1S/C19H19N3O4S/c20-10-14-12-5-3-7-16(12)27-18(14)22-17(24)11-26-19(25)13-4-1-2-6-15(13)21-8-9-23/h1-2,4,6,21,23H,3,5,7-9,11H2,(H,22,24). The van der Waals surface area contributed by atoms with E-state index in [1.54, 1.807) is 24.3 Å². The number of anilines is 2. The van der Waals surface area contributed by atoms with Crippen molar-refractivity contribution in [3.05, 3.63) is 45.8 Å². The zero-order chi connectivity index (χ0) is 19.2. The van der Waals surface area contributed by atoms with Gasteiger partial charge in [0.05, 0.1) is 17.7 Å². The molecule has 1 amide bonds. The van der Waals surface area contributed by atoms with Gasteiger partial charge in [0.1, 0.15) is 11.1 Å². The lowest BCUT2D eigenvalue weighted by atomic mass is 10.1. The van der Waals surface area contributed by atoms with Crippen molar-refractivity contribution in [3.63, 3.8) is 0 Å². The number of benzene rings is 1. The van der Waals surface area contributed by atoms with Crippen molar-refractivity contribution in [2.24, 2.45) is 0 Å². The van der Waals surface area contributed by atoms with Crippen LogP contribution in [0, 0.1) is 11.3 Å². The number of para-hydroxylation sites is 1. The van der Waals surface area contributed by atoms with Crippen molar-refractivity contribution in [2.75, 3.05) is 30.4 Å². The van der Waals surface area contributed by atoms with Crippen LogP contribution in [0.25, 0.3) is 0 Å². The Bertz CT molecular complexity index is 901. The van der Waals surface area contributed by atoms with E-state index in [2.05, 4.69) is 16.7 Å². The van der Waals surface area contributed by atoms with E-state index in [0.29, 0.717) is 22.8 Å². The average molecular weight is 385 g/mol. The molecule has 0 unspecified atom stereocenters. The first-order valence-electron chi connectivity index (χ1n) is 8.59. The maximum Gasteiger partial charge on any atom is 0.340 e. The Morgan fingerprint density at radius 1 is 1.30 bits per heavy atom. The first kappa shape index (κ1) is 18.9. The lowest BCUT2D eigenvalue weighted by molar-refractivity contribution is -0.119. The Labute approximate surface area is 160 Å². The number of hydrogen-bond donors (Lipinski definition) is 3. The van der Waals surface area contributed by atoms with Crippen LogP contribution in [-0.2, 0) is 22.4 Å². The second-order valence-electron chi connectivity index (χ2n) is 5.99. The van der Waals surface area contributed by atoms with E-state index >= 15 is 0 Å². The molecule has 0 spiro atoms. The van der Waals surface area contributed by atoms with Gasteiger partial charge in [-0.1, -0.05) is 12.1 Å². The van der Waals surface area contributed by atoms with E-state index in [1.807, 2.05) is 0 Å². The molecule has 1 aliphatic rings. The number of aryl methyl sites for hydroxylation is 1. The Hall–Kier alpha value is -2.89. The zero-order valence-electron chi connectivity index (χ0n) is 14.6. The van der Waals surface area contributed by atoms with Crippen molar-refractivity contribution in [2.45, 2.75) is 19.3 Å². The van der Waals surface area contributed by atoms with Crippen LogP contribution < -0.4 is 10.6 Å². The van der Waals surface area contributed by atoms with Crippen LogP contribution in [0.1, 0.15) is 32.8 Å². The van der Waals surface area contributed by atoms with Crippen molar-refractivity contribution in [1.82, 2.24) is 0 Å². The van der Waals surface area contributed by atoms with Gasteiger partial charge in [-0.15, -0.1) is 11.3 Å². The number of ether oxygens (including phenoxy) is 1. The molecule has 0 atom stereocenters. The Morgan fingerprint density at radius 3 is 2.89 bits per heavy atom. The van der Waals surface area contributed by atoms with Gasteiger partial charge < -0.3 is 20.5 Å². The smallest absolute Gasteiger partial charge is 0.340 e.